The average Bonchev–Trinajstić information content (AvgIpc) is 3.81. The first-order valence-corrected chi connectivity index (χ1v) is 25.7. The van der Waals surface area contributed by atoms with Crippen molar-refractivity contribution in [3.63, 3.8) is 0 Å². The zero-order valence-corrected chi connectivity index (χ0v) is 43.6. The first-order chi connectivity index (χ1) is 36.0. The van der Waals surface area contributed by atoms with Gasteiger partial charge in [-0.25, -0.2) is 0 Å². The van der Waals surface area contributed by atoms with Crippen LogP contribution in [0.1, 0.15) is 78.2 Å². The molecule has 0 aromatic heterocycles. The van der Waals surface area contributed by atoms with E-state index in [1.807, 2.05) is 0 Å². The molecule has 426 valence electrons. The Morgan fingerprint density at radius 1 is 0.645 bits per heavy atom. The van der Waals surface area contributed by atoms with Crippen LogP contribution >= 0.6 is 0 Å². The summed E-state index contributed by atoms with van der Waals surface area (Å²) in [6.07, 6.45) is -5.06. The minimum Gasteiger partial charge on any atom is -0.392 e. The number of amides is 10. The maximum atomic E-state index is 14.4. The molecule has 76 heavy (non-hydrogen) atoms. The molecular weight excluding hydrogens is 995 g/mol. The average molecular weight is 1080 g/mol. The van der Waals surface area contributed by atoms with Crippen molar-refractivity contribution >= 4 is 59.1 Å². The summed E-state index contributed by atoms with van der Waals surface area (Å²) >= 11 is 0. The fourth-order valence-electron chi connectivity index (χ4n) is 8.35. The second-order valence-corrected chi connectivity index (χ2v) is 19.4. The van der Waals surface area contributed by atoms with Gasteiger partial charge < -0.3 is 96.7 Å². The molecule has 2 aliphatic rings. The highest BCUT2D eigenvalue weighted by Gasteiger charge is 2.38. The first kappa shape index (κ1) is 63.9. The lowest BCUT2D eigenvalue weighted by molar-refractivity contribution is -0.136. The standard InChI is InChI=1S/C48H81N15O13/c1-24(2)20-35-45(73)57-29(10-15-49)39(67)56-32(13-18-52)43(71)62-37(25(3)64)47(75)53-19-14-33(42(70)55-30(11-16-50)41(69)61-36(46(74)60-35)21-27-8-6-5-7-9-27)58-40(68)31(12-17-51)59-48(76)38(26(4)65)63-44(72)34-22-28(66)23-54-34/h5-9,24-26,28-38,54,64-66H,10-23,49-52H2,1-4H3,(H,53,75)(H,55,70)(H,56,67)(H,57,73)(H,58,68)(H,59,76)(H,60,74)(H,61,69)(H,62,71)(H,63,72)/t25?,26?,28-,29+,30+,31+,32+,33+,34+,35+,36-,37+,38+/m1/s1. The highest BCUT2D eigenvalue weighted by Crippen LogP contribution is 2.12. The number of benzene rings is 1. The Hall–Kier alpha value is -6.40. The van der Waals surface area contributed by atoms with E-state index in [4.69, 9.17) is 22.9 Å². The van der Waals surface area contributed by atoms with Gasteiger partial charge in [0.25, 0.3) is 0 Å². The number of rotatable bonds is 20. The van der Waals surface area contributed by atoms with Crippen molar-refractivity contribution in [2.75, 3.05) is 39.3 Å². The van der Waals surface area contributed by atoms with E-state index >= 15 is 0 Å². The molecule has 2 unspecified atom stereocenters. The van der Waals surface area contributed by atoms with Crippen molar-refractivity contribution in [1.29, 1.82) is 0 Å². The molecule has 10 amide bonds. The summed E-state index contributed by atoms with van der Waals surface area (Å²) in [6, 6.07) is -5.64. The van der Waals surface area contributed by atoms with Crippen LogP contribution in [0.3, 0.4) is 0 Å². The number of hydrogen-bond donors (Lipinski definition) is 18. The molecule has 0 radical (unpaired) electrons. The SMILES string of the molecule is CC(C)C[C@@H]1NC(=O)[C@@H](Cc2ccccc2)NC(=O)[C@H](CCN)NC(=O)[C@@H](NC(=O)[C@H](CCN)NC(=O)[C@@H](NC(=O)[C@@H]2C[C@@H](O)CN2)C(C)O)CCNC(=O)[C@H](C(C)O)NC(=O)[C@H](CCN)NC(=O)[C@H](CCN)NC1=O. The molecule has 1 aromatic rings. The van der Waals surface area contributed by atoms with Gasteiger partial charge in [-0.1, -0.05) is 44.2 Å². The number of β-amino-alcohol motifs (C(OH)–C–C–N with tert-alkyl or cyclic N) is 1. The van der Waals surface area contributed by atoms with Gasteiger partial charge in [-0.3, -0.25) is 47.9 Å². The predicted octanol–water partition coefficient (Wildman–Crippen LogP) is -7.96. The second kappa shape index (κ2) is 32.2. The summed E-state index contributed by atoms with van der Waals surface area (Å²) in [5.41, 5.74) is 24.0. The van der Waals surface area contributed by atoms with Crippen molar-refractivity contribution in [2.24, 2.45) is 28.9 Å². The van der Waals surface area contributed by atoms with Gasteiger partial charge in [0.2, 0.25) is 59.1 Å². The maximum Gasteiger partial charge on any atom is 0.245 e. The smallest absolute Gasteiger partial charge is 0.245 e. The molecular formula is C48H81N15O13. The third-order valence-electron chi connectivity index (χ3n) is 12.5. The number of nitrogens with one attached hydrogen (secondary N) is 11. The Balaban J connectivity index is 2.10. The van der Waals surface area contributed by atoms with Crippen molar-refractivity contribution in [3.05, 3.63) is 35.9 Å². The van der Waals surface area contributed by atoms with Crippen LogP contribution in [0.4, 0.5) is 0 Å². The molecule has 2 heterocycles. The minimum absolute atomic E-state index is 0.0397. The Morgan fingerprint density at radius 3 is 1.66 bits per heavy atom. The lowest BCUT2D eigenvalue weighted by atomic mass is 10.00. The van der Waals surface area contributed by atoms with E-state index in [-0.39, 0.29) is 83.6 Å². The van der Waals surface area contributed by atoms with Crippen molar-refractivity contribution in [2.45, 2.75) is 158 Å². The Labute approximate surface area is 441 Å². The summed E-state index contributed by atoms with van der Waals surface area (Å²) in [5.74, 6) is -9.24. The molecule has 0 bridgehead atoms. The summed E-state index contributed by atoms with van der Waals surface area (Å²) < 4.78 is 0. The van der Waals surface area contributed by atoms with Gasteiger partial charge in [-0.15, -0.1) is 0 Å². The summed E-state index contributed by atoms with van der Waals surface area (Å²) in [7, 11) is 0. The van der Waals surface area contributed by atoms with Crippen LogP contribution in [0.2, 0.25) is 0 Å². The summed E-state index contributed by atoms with van der Waals surface area (Å²) in [5, 5.41) is 59.3. The molecule has 0 saturated carbocycles. The lowest BCUT2D eigenvalue weighted by Gasteiger charge is -2.28. The molecule has 3 rings (SSSR count). The van der Waals surface area contributed by atoms with Crippen LogP contribution in [-0.4, -0.2) is 192 Å². The molecule has 1 aromatic carbocycles. The molecule has 0 spiro atoms. The van der Waals surface area contributed by atoms with E-state index in [1.165, 1.54) is 13.8 Å². The fraction of sp³-hybridized carbons (Fsp3) is 0.667. The van der Waals surface area contributed by atoms with Crippen molar-refractivity contribution < 1.29 is 63.3 Å². The third kappa shape index (κ3) is 20.6. The lowest BCUT2D eigenvalue weighted by Crippen LogP contribution is -2.61. The quantitative estimate of drug-likeness (QED) is 0.0577. The summed E-state index contributed by atoms with van der Waals surface area (Å²) in [6.45, 7) is 5.05. The van der Waals surface area contributed by atoms with Crippen LogP contribution in [0.5, 0.6) is 0 Å². The van der Waals surface area contributed by atoms with Gasteiger partial charge >= 0.3 is 0 Å². The molecule has 2 saturated heterocycles. The van der Waals surface area contributed by atoms with E-state index in [1.54, 1.807) is 44.2 Å². The van der Waals surface area contributed by atoms with E-state index in [0.29, 0.717) is 5.56 Å². The molecule has 0 aliphatic carbocycles. The number of aliphatic hydroxyl groups excluding tert-OH is 3. The highest BCUT2D eigenvalue weighted by molar-refractivity contribution is 5.99. The summed E-state index contributed by atoms with van der Waals surface area (Å²) in [4.78, 5) is 139. The first-order valence-electron chi connectivity index (χ1n) is 25.7. The molecule has 28 heteroatoms. The van der Waals surface area contributed by atoms with Crippen molar-refractivity contribution in [1.82, 2.24) is 58.5 Å². The van der Waals surface area contributed by atoms with Gasteiger partial charge in [-0.05, 0) is 96.5 Å². The highest BCUT2D eigenvalue weighted by atomic mass is 16.3. The van der Waals surface area contributed by atoms with E-state index in [0.717, 1.165) is 0 Å². The number of hydrogen-bond acceptors (Lipinski definition) is 18. The number of nitrogens with two attached hydrogens (primary N) is 4. The minimum atomic E-state index is -1.67. The monoisotopic (exact) mass is 1080 g/mol. The van der Waals surface area contributed by atoms with E-state index < -0.39 is 151 Å². The molecule has 28 nitrogen and oxygen atoms in total. The fourth-order valence-corrected chi connectivity index (χ4v) is 8.35. The van der Waals surface area contributed by atoms with Gasteiger partial charge in [0, 0.05) is 19.5 Å². The normalized spacial score (nSPS) is 26.4. The second-order valence-electron chi connectivity index (χ2n) is 19.4. The molecule has 22 N–H and O–H groups in total. The Bertz CT molecular complexity index is 2120. The third-order valence-corrected chi connectivity index (χ3v) is 12.5. The van der Waals surface area contributed by atoms with E-state index in [2.05, 4.69) is 58.5 Å². The molecule has 2 fully saturated rings. The van der Waals surface area contributed by atoms with Gasteiger partial charge in [0.15, 0.2) is 0 Å². The van der Waals surface area contributed by atoms with Gasteiger partial charge in [0.05, 0.1) is 24.4 Å². The zero-order valence-electron chi connectivity index (χ0n) is 43.6. The zero-order chi connectivity index (χ0) is 56.6. The van der Waals surface area contributed by atoms with Crippen LogP contribution in [0.15, 0.2) is 30.3 Å². The topological polar surface area (TPSA) is 468 Å². The number of carbonyl (C=O) groups is 10. The largest absolute Gasteiger partial charge is 0.392 e. The Kier molecular flexibility index (Phi) is 27.1. The Morgan fingerprint density at radius 2 is 1.16 bits per heavy atom. The maximum absolute atomic E-state index is 14.4. The molecule has 2 aliphatic heterocycles. The van der Waals surface area contributed by atoms with Gasteiger partial charge in [0.1, 0.15) is 54.4 Å². The number of carbonyl (C=O) groups excluding carboxylic acids is 10. The van der Waals surface area contributed by atoms with Crippen LogP contribution in [0.25, 0.3) is 0 Å². The number of aliphatic hydroxyl groups is 3. The van der Waals surface area contributed by atoms with E-state index in [9.17, 15) is 63.3 Å². The van der Waals surface area contributed by atoms with Crippen LogP contribution in [0, 0.1) is 5.92 Å². The molecule has 13 atom stereocenters. The van der Waals surface area contributed by atoms with Crippen molar-refractivity contribution in [3.8, 4) is 0 Å². The van der Waals surface area contributed by atoms with Gasteiger partial charge in [-0.2, -0.15) is 0 Å². The van der Waals surface area contributed by atoms with Crippen LogP contribution in [-0.2, 0) is 54.4 Å². The van der Waals surface area contributed by atoms with Crippen LogP contribution < -0.4 is 81.4 Å². The predicted molar refractivity (Wildman–Crippen MR) is 275 cm³/mol.